The lowest BCUT2D eigenvalue weighted by Crippen LogP contribution is -2.60. The third-order valence-corrected chi connectivity index (χ3v) is 15.0. The van der Waals surface area contributed by atoms with Gasteiger partial charge in [-0.05, 0) is 106 Å². The number of morpholine rings is 1. The molecule has 8 heteroatoms. The zero-order valence-electron chi connectivity index (χ0n) is 29.1. The molecule has 7 rings (SSSR count). The van der Waals surface area contributed by atoms with Gasteiger partial charge in [0, 0.05) is 55.8 Å². The van der Waals surface area contributed by atoms with Crippen molar-refractivity contribution in [1.29, 1.82) is 0 Å². The molecule has 0 aromatic rings. The van der Waals surface area contributed by atoms with Gasteiger partial charge in [-0.3, -0.25) is 24.6 Å². The molecule has 7 aliphatic rings. The summed E-state index contributed by atoms with van der Waals surface area (Å²) in [5, 5.41) is 7.07. The largest absolute Gasteiger partial charge is 0.379 e. The van der Waals surface area contributed by atoms with E-state index in [1.165, 1.54) is 19.3 Å². The average Bonchev–Trinajstić information content (AvgIpc) is 3.48. The summed E-state index contributed by atoms with van der Waals surface area (Å²) in [6, 6.07) is 0.141. The monoisotopic (exact) mass is 639 g/mol. The molecule has 7 fully saturated rings. The number of ether oxygens (including phenoxy) is 2. The van der Waals surface area contributed by atoms with Crippen molar-refractivity contribution in [2.75, 3.05) is 39.4 Å². The summed E-state index contributed by atoms with van der Waals surface area (Å²) < 4.78 is 12.4. The van der Waals surface area contributed by atoms with E-state index in [-0.39, 0.29) is 46.8 Å². The highest BCUT2D eigenvalue weighted by atomic mass is 16.5. The van der Waals surface area contributed by atoms with E-state index in [1.807, 2.05) is 0 Å². The number of hydrogen-bond acceptors (Lipinski definition) is 7. The molecular formula is C38H61N3O5. The van der Waals surface area contributed by atoms with Crippen LogP contribution >= 0.6 is 0 Å². The summed E-state index contributed by atoms with van der Waals surface area (Å²) >= 11 is 0. The van der Waals surface area contributed by atoms with Crippen molar-refractivity contribution < 1.29 is 23.9 Å². The summed E-state index contributed by atoms with van der Waals surface area (Å²) in [7, 11) is 0. The van der Waals surface area contributed by atoms with E-state index in [0.29, 0.717) is 53.6 Å². The van der Waals surface area contributed by atoms with E-state index in [1.54, 1.807) is 0 Å². The molecule has 4 saturated carbocycles. The summed E-state index contributed by atoms with van der Waals surface area (Å²) in [5.41, 5.74) is -0.375. The highest BCUT2D eigenvalue weighted by molar-refractivity contribution is 5.98. The Morgan fingerprint density at radius 1 is 1.00 bits per heavy atom. The van der Waals surface area contributed by atoms with Crippen LogP contribution in [0.4, 0.5) is 0 Å². The summed E-state index contributed by atoms with van der Waals surface area (Å²) in [6.45, 7) is 15.1. The number of carbonyl (C=O) groups is 3. The molecule has 0 aromatic carbocycles. The Morgan fingerprint density at radius 2 is 1.80 bits per heavy atom. The quantitative estimate of drug-likeness (QED) is 0.281. The molecule has 3 saturated heterocycles. The fourth-order valence-electron chi connectivity index (χ4n) is 12.3. The molecule has 46 heavy (non-hydrogen) atoms. The first-order chi connectivity index (χ1) is 22.0. The van der Waals surface area contributed by atoms with Gasteiger partial charge in [0.1, 0.15) is 17.3 Å². The standard InChI is InChI=1S/C38H61N3O5/c1-24-10-13-38(39-23-24)25(2)35-32(46-38)21-31-29-9-8-26-19-27(11-12-36(26,3)30(29)22-33(43)37(31,35)4)40-34(44)20-28(42)7-5-6-14-41-15-17-45-18-16-41/h24-27,29-32,35,39H,5-23H2,1-4H3,(H,40,44)/t24-,25+,26+,27+,29-,30+,31+,32+,35+,36+,37-,38-/m1/s1. The summed E-state index contributed by atoms with van der Waals surface area (Å²) in [4.78, 5) is 42.3. The Hall–Kier alpha value is -1.35. The second-order valence-corrected chi connectivity index (χ2v) is 17.4. The molecular weight excluding hydrogens is 578 g/mol. The number of hydrogen-bond donors (Lipinski definition) is 2. The van der Waals surface area contributed by atoms with Crippen LogP contribution in [0.15, 0.2) is 0 Å². The van der Waals surface area contributed by atoms with Crippen molar-refractivity contribution in [3.63, 3.8) is 0 Å². The van der Waals surface area contributed by atoms with Crippen molar-refractivity contribution in [3.8, 4) is 0 Å². The topological polar surface area (TPSA) is 97.0 Å². The second kappa shape index (κ2) is 12.8. The minimum absolute atomic E-state index is 0.00805. The van der Waals surface area contributed by atoms with Crippen LogP contribution in [0.25, 0.3) is 0 Å². The van der Waals surface area contributed by atoms with E-state index < -0.39 is 0 Å². The summed E-state index contributed by atoms with van der Waals surface area (Å²) in [6.07, 6.45) is 11.9. The van der Waals surface area contributed by atoms with E-state index in [4.69, 9.17) is 9.47 Å². The molecule has 0 radical (unpaired) electrons. The van der Waals surface area contributed by atoms with Crippen molar-refractivity contribution in [2.24, 2.45) is 52.3 Å². The van der Waals surface area contributed by atoms with Gasteiger partial charge in [0.2, 0.25) is 5.91 Å². The highest BCUT2D eigenvalue weighted by Crippen LogP contribution is 2.70. The first-order valence-electron chi connectivity index (χ1n) is 19.1. The molecule has 258 valence electrons. The molecule has 3 heterocycles. The first kappa shape index (κ1) is 33.2. The zero-order chi connectivity index (χ0) is 32.3. The lowest BCUT2D eigenvalue weighted by atomic mass is 9.44. The minimum Gasteiger partial charge on any atom is -0.379 e. The summed E-state index contributed by atoms with van der Waals surface area (Å²) in [5.74, 6) is 3.79. The van der Waals surface area contributed by atoms with E-state index >= 15 is 0 Å². The third-order valence-electron chi connectivity index (χ3n) is 15.0. The maximum absolute atomic E-state index is 14.4. The van der Waals surface area contributed by atoms with Crippen LogP contribution in [0.3, 0.4) is 0 Å². The predicted molar refractivity (Wildman–Crippen MR) is 177 cm³/mol. The van der Waals surface area contributed by atoms with Gasteiger partial charge in [0.15, 0.2) is 0 Å². The van der Waals surface area contributed by atoms with Gasteiger partial charge in [0.05, 0.1) is 25.7 Å². The Balaban J connectivity index is 0.921. The van der Waals surface area contributed by atoms with Crippen LogP contribution in [0.1, 0.15) is 111 Å². The van der Waals surface area contributed by atoms with Gasteiger partial charge in [-0.25, -0.2) is 0 Å². The zero-order valence-corrected chi connectivity index (χ0v) is 29.1. The van der Waals surface area contributed by atoms with Crippen molar-refractivity contribution in [3.05, 3.63) is 0 Å². The number of fused-ring (bicyclic) bond motifs is 7. The molecule has 3 aliphatic heterocycles. The van der Waals surface area contributed by atoms with Crippen LogP contribution < -0.4 is 10.6 Å². The maximum Gasteiger partial charge on any atom is 0.227 e. The van der Waals surface area contributed by atoms with Gasteiger partial charge in [0.25, 0.3) is 0 Å². The molecule has 0 bridgehead atoms. The molecule has 12 atom stereocenters. The van der Waals surface area contributed by atoms with Crippen molar-refractivity contribution >= 4 is 17.5 Å². The Kier molecular flexibility index (Phi) is 9.25. The molecule has 2 N–H and O–H groups in total. The van der Waals surface area contributed by atoms with Crippen molar-refractivity contribution in [2.45, 2.75) is 129 Å². The lowest BCUT2D eigenvalue weighted by molar-refractivity contribution is -0.160. The van der Waals surface area contributed by atoms with Crippen LogP contribution in [0.2, 0.25) is 0 Å². The van der Waals surface area contributed by atoms with E-state index in [0.717, 1.165) is 90.8 Å². The van der Waals surface area contributed by atoms with Gasteiger partial charge in [-0.2, -0.15) is 0 Å². The molecule has 1 spiro atoms. The van der Waals surface area contributed by atoms with Crippen LogP contribution in [0.5, 0.6) is 0 Å². The molecule has 4 aliphatic carbocycles. The van der Waals surface area contributed by atoms with Gasteiger partial charge in [-0.1, -0.05) is 27.7 Å². The Bertz CT molecular complexity index is 1160. The van der Waals surface area contributed by atoms with Crippen LogP contribution in [-0.4, -0.2) is 79.6 Å². The van der Waals surface area contributed by atoms with Crippen LogP contribution in [-0.2, 0) is 23.9 Å². The molecule has 1 amide bonds. The fraction of sp³-hybridized carbons (Fsp3) is 0.921. The molecule has 8 nitrogen and oxygen atoms in total. The fourth-order valence-corrected chi connectivity index (χ4v) is 12.3. The smallest absolute Gasteiger partial charge is 0.227 e. The lowest BCUT2D eigenvalue weighted by Gasteiger charge is -2.60. The number of carbonyl (C=O) groups excluding carboxylic acids is 3. The SMILES string of the molecule is C[C@@H]1CC[C@@]2(NC1)O[C@H]1C[C@H]3[C@@H]4CC[C@H]5C[C@@H](NC(=O)CC(=O)CCCCN6CCOCC6)CC[C@]5(C)[C@H]4CC(=O)[C@]3(C)[C@H]1[C@@H]2C. The molecule has 0 unspecified atom stereocenters. The number of nitrogens with one attached hydrogen (secondary N) is 2. The number of amides is 1. The number of rotatable bonds is 8. The predicted octanol–water partition coefficient (Wildman–Crippen LogP) is 5.13. The van der Waals surface area contributed by atoms with Crippen LogP contribution in [0, 0.1) is 52.3 Å². The maximum atomic E-state index is 14.4. The Labute approximate surface area is 277 Å². The van der Waals surface area contributed by atoms with Gasteiger partial charge < -0.3 is 14.8 Å². The van der Waals surface area contributed by atoms with Crippen molar-refractivity contribution in [1.82, 2.24) is 15.5 Å². The highest BCUT2D eigenvalue weighted by Gasteiger charge is 2.71. The first-order valence-corrected chi connectivity index (χ1v) is 19.1. The minimum atomic E-state index is -0.275. The number of piperidine rings is 1. The average molecular weight is 640 g/mol. The number of ketones is 2. The van der Waals surface area contributed by atoms with E-state index in [2.05, 4.69) is 43.2 Å². The molecule has 0 aromatic heterocycles. The number of nitrogens with zero attached hydrogens (tertiary/aromatic N) is 1. The normalized spacial score (nSPS) is 47.1. The van der Waals surface area contributed by atoms with Gasteiger partial charge in [-0.15, -0.1) is 0 Å². The number of unbranched alkanes of at least 4 members (excludes halogenated alkanes) is 1. The number of Topliss-reactive ketones (excluding diaryl/α,β-unsaturated/α-hetero) is 2. The van der Waals surface area contributed by atoms with Gasteiger partial charge >= 0.3 is 0 Å². The second-order valence-electron chi connectivity index (χ2n) is 17.4. The third kappa shape index (κ3) is 5.73. The Morgan fingerprint density at radius 3 is 2.57 bits per heavy atom. The van der Waals surface area contributed by atoms with E-state index in [9.17, 15) is 14.4 Å².